The SMILES string of the molecule is C=Cc1cc(/C=C\C)c(C)n1C. The molecule has 1 aromatic heterocycles. The van der Waals surface area contributed by atoms with Crippen LogP contribution >= 0.6 is 0 Å². The summed E-state index contributed by atoms with van der Waals surface area (Å²) in [6, 6.07) is 2.14. The van der Waals surface area contributed by atoms with Crippen molar-refractivity contribution in [3.63, 3.8) is 0 Å². The van der Waals surface area contributed by atoms with E-state index < -0.39 is 0 Å². The highest BCUT2D eigenvalue weighted by molar-refractivity contribution is 5.58. The molecule has 1 heteroatoms. The first kappa shape index (κ1) is 8.85. The maximum atomic E-state index is 3.76. The molecule has 0 radical (unpaired) electrons. The van der Waals surface area contributed by atoms with Gasteiger partial charge in [-0.1, -0.05) is 18.7 Å². The fraction of sp³-hybridized carbons (Fsp3) is 0.273. The topological polar surface area (TPSA) is 4.93 Å². The van der Waals surface area contributed by atoms with Crippen molar-refractivity contribution < 1.29 is 0 Å². The van der Waals surface area contributed by atoms with Gasteiger partial charge in [0.2, 0.25) is 0 Å². The Morgan fingerprint density at radius 3 is 2.58 bits per heavy atom. The summed E-state index contributed by atoms with van der Waals surface area (Å²) in [5.74, 6) is 0. The molecule has 0 amide bonds. The quantitative estimate of drug-likeness (QED) is 0.628. The standard InChI is InChI=1S/C11H15N/c1-5-7-10-8-11(6-2)12(4)9(10)3/h5-8H,2H2,1,3-4H3/b7-5-. The van der Waals surface area contributed by atoms with E-state index in [1.807, 2.05) is 13.0 Å². The van der Waals surface area contributed by atoms with Crippen molar-refractivity contribution in [2.45, 2.75) is 13.8 Å². The van der Waals surface area contributed by atoms with E-state index in [1.165, 1.54) is 17.0 Å². The van der Waals surface area contributed by atoms with Crippen molar-refractivity contribution in [3.05, 3.63) is 35.7 Å². The Hall–Kier alpha value is -1.24. The number of nitrogens with zero attached hydrogens (tertiary/aromatic N) is 1. The van der Waals surface area contributed by atoms with Gasteiger partial charge >= 0.3 is 0 Å². The molecule has 0 saturated carbocycles. The molecule has 0 N–H and O–H groups in total. The molecule has 0 unspecified atom stereocenters. The Morgan fingerprint density at radius 1 is 1.50 bits per heavy atom. The molecule has 0 aliphatic rings. The molecule has 0 aromatic carbocycles. The Balaban J connectivity index is 3.24. The summed E-state index contributed by atoms with van der Waals surface area (Å²) in [5, 5.41) is 0. The van der Waals surface area contributed by atoms with Crippen LogP contribution in [0.4, 0.5) is 0 Å². The minimum atomic E-state index is 1.17. The maximum Gasteiger partial charge on any atom is 0.0406 e. The van der Waals surface area contributed by atoms with Gasteiger partial charge in [0, 0.05) is 18.4 Å². The second-order valence-electron chi connectivity index (χ2n) is 2.87. The third-order valence-electron chi connectivity index (χ3n) is 2.17. The van der Waals surface area contributed by atoms with Gasteiger partial charge in [-0.2, -0.15) is 0 Å². The summed E-state index contributed by atoms with van der Waals surface area (Å²) in [4.78, 5) is 0. The first-order valence-corrected chi connectivity index (χ1v) is 4.12. The van der Waals surface area contributed by atoms with Crippen molar-refractivity contribution in [2.75, 3.05) is 0 Å². The number of hydrogen-bond donors (Lipinski definition) is 0. The predicted octanol–water partition coefficient (Wildman–Crippen LogP) is 3.01. The van der Waals surface area contributed by atoms with Crippen molar-refractivity contribution in [1.82, 2.24) is 4.57 Å². The van der Waals surface area contributed by atoms with E-state index in [2.05, 4.69) is 43.3 Å². The lowest BCUT2D eigenvalue weighted by Gasteiger charge is -1.98. The third kappa shape index (κ3) is 1.35. The summed E-state index contributed by atoms with van der Waals surface area (Å²) in [7, 11) is 2.05. The van der Waals surface area contributed by atoms with Crippen LogP contribution in [0.15, 0.2) is 18.7 Å². The fourth-order valence-electron chi connectivity index (χ4n) is 1.29. The molecule has 1 heterocycles. The third-order valence-corrected chi connectivity index (χ3v) is 2.17. The molecule has 0 fully saturated rings. The monoisotopic (exact) mass is 161 g/mol. The lowest BCUT2D eigenvalue weighted by molar-refractivity contribution is 0.870. The van der Waals surface area contributed by atoms with Crippen LogP contribution in [0.3, 0.4) is 0 Å². The molecular formula is C11H15N. The van der Waals surface area contributed by atoms with Gasteiger partial charge in [0.05, 0.1) is 0 Å². The lowest BCUT2D eigenvalue weighted by Crippen LogP contribution is -1.92. The van der Waals surface area contributed by atoms with Crippen molar-refractivity contribution >= 4 is 12.2 Å². The van der Waals surface area contributed by atoms with Gasteiger partial charge in [-0.3, -0.25) is 0 Å². The van der Waals surface area contributed by atoms with E-state index in [0.717, 1.165) is 0 Å². The molecule has 12 heavy (non-hydrogen) atoms. The number of aromatic nitrogens is 1. The summed E-state index contributed by atoms with van der Waals surface area (Å²) < 4.78 is 2.14. The molecule has 0 atom stereocenters. The molecule has 0 saturated heterocycles. The van der Waals surface area contributed by atoms with Crippen LogP contribution in [0.1, 0.15) is 23.9 Å². The normalized spacial score (nSPS) is 10.9. The summed E-state index contributed by atoms with van der Waals surface area (Å²) >= 11 is 0. The minimum Gasteiger partial charge on any atom is -0.348 e. The summed E-state index contributed by atoms with van der Waals surface area (Å²) in [5.41, 5.74) is 3.72. The van der Waals surface area contributed by atoms with E-state index in [4.69, 9.17) is 0 Å². The van der Waals surface area contributed by atoms with Gasteiger partial charge in [-0.15, -0.1) is 0 Å². The van der Waals surface area contributed by atoms with Gasteiger partial charge in [0.1, 0.15) is 0 Å². The van der Waals surface area contributed by atoms with Crippen LogP contribution in [0.25, 0.3) is 12.2 Å². The van der Waals surface area contributed by atoms with Crippen molar-refractivity contribution in [1.29, 1.82) is 0 Å². The van der Waals surface area contributed by atoms with Crippen molar-refractivity contribution in [2.24, 2.45) is 7.05 Å². The van der Waals surface area contributed by atoms with Crippen LogP contribution in [0, 0.1) is 6.92 Å². The maximum absolute atomic E-state index is 3.76. The molecule has 1 nitrogen and oxygen atoms in total. The Kier molecular flexibility index (Phi) is 2.54. The molecule has 1 rings (SSSR count). The molecule has 0 aliphatic carbocycles. The summed E-state index contributed by atoms with van der Waals surface area (Å²) in [6.07, 6.45) is 6.04. The molecule has 0 spiro atoms. The van der Waals surface area contributed by atoms with Gasteiger partial charge in [0.15, 0.2) is 0 Å². The van der Waals surface area contributed by atoms with E-state index in [0.29, 0.717) is 0 Å². The average molecular weight is 161 g/mol. The van der Waals surface area contributed by atoms with E-state index >= 15 is 0 Å². The lowest BCUT2D eigenvalue weighted by atomic mass is 10.2. The Labute approximate surface area is 74.0 Å². The highest BCUT2D eigenvalue weighted by atomic mass is 14.9. The summed E-state index contributed by atoms with van der Waals surface area (Å²) in [6.45, 7) is 7.90. The zero-order chi connectivity index (χ0) is 9.14. The van der Waals surface area contributed by atoms with Crippen LogP contribution in [0.2, 0.25) is 0 Å². The van der Waals surface area contributed by atoms with Crippen LogP contribution in [0.5, 0.6) is 0 Å². The minimum absolute atomic E-state index is 1.17. The second-order valence-corrected chi connectivity index (χ2v) is 2.87. The van der Waals surface area contributed by atoms with Crippen LogP contribution in [-0.2, 0) is 7.05 Å². The molecule has 0 aliphatic heterocycles. The zero-order valence-corrected chi connectivity index (χ0v) is 7.96. The smallest absolute Gasteiger partial charge is 0.0406 e. The Morgan fingerprint density at radius 2 is 2.17 bits per heavy atom. The van der Waals surface area contributed by atoms with Crippen LogP contribution in [-0.4, -0.2) is 4.57 Å². The number of allylic oxidation sites excluding steroid dienone is 1. The van der Waals surface area contributed by atoms with E-state index in [9.17, 15) is 0 Å². The van der Waals surface area contributed by atoms with Gasteiger partial charge < -0.3 is 4.57 Å². The predicted molar refractivity (Wildman–Crippen MR) is 54.9 cm³/mol. The van der Waals surface area contributed by atoms with Gasteiger partial charge in [-0.05, 0) is 31.6 Å². The second kappa shape index (κ2) is 3.44. The fourth-order valence-corrected chi connectivity index (χ4v) is 1.29. The largest absolute Gasteiger partial charge is 0.348 e. The van der Waals surface area contributed by atoms with E-state index in [1.54, 1.807) is 0 Å². The van der Waals surface area contributed by atoms with Crippen molar-refractivity contribution in [3.8, 4) is 0 Å². The Bertz CT molecular complexity index is 316. The molecular weight excluding hydrogens is 146 g/mol. The van der Waals surface area contributed by atoms with Crippen LogP contribution < -0.4 is 0 Å². The number of rotatable bonds is 2. The van der Waals surface area contributed by atoms with Gasteiger partial charge in [-0.25, -0.2) is 0 Å². The number of hydrogen-bond acceptors (Lipinski definition) is 0. The first-order valence-electron chi connectivity index (χ1n) is 4.12. The zero-order valence-electron chi connectivity index (χ0n) is 7.96. The molecule has 0 bridgehead atoms. The highest BCUT2D eigenvalue weighted by Gasteiger charge is 2.02. The molecule has 1 aromatic rings. The molecule has 64 valence electrons. The van der Waals surface area contributed by atoms with Gasteiger partial charge in [0.25, 0.3) is 0 Å². The first-order chi connectivity index (χ1) is 5.70. The highest BCUT2D eigenvalue weighted by Crippen LogP contribution is 2.16. The van der Waals surface area contributed by atoms with E-state index in [-0.39, 0.29) is 0 Å². The average Bonchev–Trinajstić information content (AvgIpc) is 2.33.